The highest BCUT2D eigenvalue weighted by molar-refractivity contribution is 6.13. The lowest BCUT2D eigenvalue weighted by Gasteiger charge is -2.40. The van der Waals surface area contributed by atoms with Crippen LogP contribution >= 0.6 is 0 Å². The second-order valence-corrected chi connectivity index (χ2v) is 9.28. The van der Waals surface area contributed by atoms with Crippen LogP contribution in [0.4, 0.5) is 11.5 Å². The zero-order valence-corrected chi connectivity index (χ0v) is 19.1. The molecule has 0 radical (unpaired) electrons. The second-order valence-electron chi connectivity index (χ2n) is 9.28. The Bertz CT molecular complexity index is 1140. The number of furan rings is 1. The maximum Gasteiger partial charge on any atom is 0.132 e. The lowest BCUT2D eigenvalue weighted by Crippen LogP contribution is -2.51. The van der Waals surface area contributed by atoms with E-state index in [1.165, 1.54) is 6.33 Å². The van der Waals surface area contributed by atoms with Gasteiger partial charge in [-0.1, -0.05) is 0 Å². The van der Waals surface area contributed by atoms with E-state index in [9.17, 15) is 0 Å². The van der Waals surface area contributed by atoms with E-state index in [0.29, 0.717) is 23.0 Å². The van der Waals surface area contributed by atoms with Crippen molar-refractivity contribution in [3.05, 3.63) is 66.0 Å². The molecule has 1 aliphatic heterocycles. The minimum Gasteiger partial charge on any atom is -0.488 e. The van der Waals surface area contributed by atoms with E-state index in [0.717, 1.165) is 56.3 Å². The minimum absolute atomic E-state index is 0.0898. The number of hydrogen-bond acceptors (Lipinski definition) is 8. The Morgan fingerprint density at radius 3 is 2.82 bits per heavy atom. The van der Waals surface area contributed by atoms with Gasteiger partial charge in [0.2, 0.25) is 0 Å². The number of nitrogens with two attached hydrogens (primary N) is 1. The molecule has 1 aromatic carbocycles. The molecule has 0 bridgehead atoms. The quantitative estimate of drug-likeness (QED) is 0.421. The third kappa shape index (κ3) is 4.71. The van der Waals surface area contributed by atoms with Gasteiger partial charge >= 0.3 is 0 Å². The summed E-state index contributed by atoms with van der Waals surface area (Å²) in [5.74, 6) is 2.54. The number of nitrogens with zero attached hydrogens (tertiary/aromatic N) is 4. The molecule has 1 unspecified atom stereocenters. The summed E-state index contributed by atoms with van der Waals surface area (Å²) in [6.45, 7) is 7.71. The van der Waals surface area contributed by atoms with Crippen LogP contribution in [-0.2, 0) is 6.54 Å². The van der Waals surface area contributed by atoms with Gasteiger partial charge in [0.15, 0.2) is 0 Å². The Hall–Kier alpha value is -3.39. The first-order valence-electron chi connectivity index (χ1n) is 11.4. The number of benzene rings is 1. The Balaban J connectivity index is 1.30. The number of anilines is 2. The van der Waals surface area contributed by atoms with Gasteiger partial charge in [-0.25, -0.2) is 9.97 Å². The summed E-state index contributed by atoms with van der Waals surface area (Å²) in [5, 5.41) is 8.78. The molecule has 1 atom stereocenters. The molecular weight excluding hydrogens is 416 g/mol. The molecular formula is C25H30N6O2. The molecule has 0 spiro atoms. The van der Waals surface area contributed by atoms with Crippen LogP contribution in [0.3, 0.4) is 0 Å². The average molecular weight is 447 g/mol. The lowest BCUT2D eigenvalue weighted by atomic mass is 10.0. The summed E-state index contributed by atoms with van der Waals surface area (Å²) in [4.78, 5) is 13.5. The molecule has 33 heavy (non-hydrogen) atoms. The molecule has 1 aliphatic carbocycles. The molecule has 3 aromatic rings. The number of nitrogens with one attached hydrogen (secondary N) is 1. The van der Waals surface area contributed by atoms with Gasteiger partial charge in [-0.3, -0.25) is 10.3 Å². The van der Waals surface area contributed by atoms with Gasteiger partial charge in [0, 0.05) is 43.0 Å². The van der Waals surface area contributed by atoms with Crippen LogP contribution in [-0.4, -0.2) is 51.9 Å². The SMILES string of the molecule is CC1CN(c2cc(C(=N)c3cc(OC4(C)CC4)ccc3N)ncn2)CCN1Cc1ccco1. The largest absolute Gasteiger partial charge is 0.488 e. The Labute approximate surface area is 193 Å². The molecule has 5 rings (SSSR count). The van der Waals surface area contributed by atoms with Crippen molar-refractivity contribution < 1.29 is 9.15 Å². The van der Waals surface area contributed by atoms with Gasteiger partial charge in [-0.15, -0.1) is 0 Å². The average Bonchev–Trinajstić information content (AvgIpc) is 3.31. The minimum atomic E-state index is -0.0898. The van der Waals surface area contributed by atoms with Crippen LogP contribution in [0.5, 0.6) is 5.75 Å². The van der Waals surface area contributed by atoms with Crippen LogP contribution in [0, 0.1) is 5.41 Å². The normalized spacial score (nSPS) is 19.9. The molecule has 2 aromatic heterocycles. The fourth-order valence-corrected chi connectivity index (χ4v) is 4.21. The Kier molecular flexibility index (Phi) is 5.54. The summed E-state index contributed by atoms with van der Waals surface area (Å²) in [5.41, 5.74) is 8.10. The Morgan fingerprint density at radius 2 is 2.09 bits per heavy atom. The predicted octanol–water partition coefficient (Wildman–Crippen LogP) is 3.71. The fraction of sp³-hybridized carbons (Fsp3) is 0.400. The number of piperazine rings is 1. The highest BCUT2D eigenvalue weighted by Gasteiger charge is 2.40. The van der Waals surface area contributed by atoms with Gasteiger partial charge < -0.3 is 19.8 Å². The van der Waals surface area contributed by atoms with E-state index in [1.807, 2.05) is 30.3 Å². The third-order valence-electron chi connectivity index (χ3n) is 6.55. The lowest BCUT2D eigenvalue weighted by molar-refractivity contribution is 0.167. The predicted molar refractivity (Wildman–Crippen MR) is 128 cm³/mol. The number of ether oxygens (including phenoxy) is 1. The van der Waals surface area contributed by atoms with Gasteiger partial charge in [0.05, 0.1) is 24.2 Å². The first kappa shape index (κ1) is 21.5. The summed E-state index contributed by atoms with van der Waals surface area (Å²) in [6, 6.07) is 11.7. The number of rotatable bonds is 7. The smallest absolute Gasteiger partial charge is 0.132 e. The summed E-state index contributed by atoms with van der Waals surface area (Å²) in [7, 11) is 0. The van der Waals surface area contributed by atoms with E-state index in [-0.39, 0.29) is 11.3 Å². The van der Waals surface area contributed by atoms with Crippen molar-refractivity contribution in [2.45, 2.75) is 44.9 Å². The van der Waals surface area contributed by atoms with Gasteiger partial charge in [0.25, 0.3) is 0 Å². The van der Waals surface area contributed by atoms with Crippen molar-refractivity contribution in [3.8, 4) is 5.75 Å². The molecule has 2 fully saturated rings. The van der Waals surface area contributed by atoms with Crippen molar-refractivity contribution in [2.75, 3.05) is 30.3 Å². The molecule has 1 saturated carbocycles. The number of nitrogen functional groups attached to an aromatic ring is 1. The third-order valence-corrected chi connectivity index (χ3v) is 6.55. The number of hydrogen-bond donors (Lipinski definition) is 2. The maximum atomic E-state index is 8.78. The highest BCUT2D eigenvalue weighted by Crippen LogP contribution is 2.40. The van der Waals surface area contributed by atoms with Crippen molar-refractivity contribution in [3.63, 3.8) is 0 Å². The first-order valence-corrected chi connectivity index (χ1v) is 11.4. The van der Waals surface area contributed by atoms with Crippen LogP contribution in [0.1, 0.15) is 43.7 Å². The molecule has 0 amide bonds. The summed E-state index contributed by atoms with van der Waals surface area (Å²) < 4.78 is 11.6. The van der Waals surface area contributed by atoms with Crippen LogP contribution in [0.2, 0.25) is 0 Å². The van der Waals surface area contributed by atoms with Crippen molar-refractivity contribution in [1.82, 2.24) is 14.9 Å². The monoisotopic (exact) mass is 446 g/mol. The standard InChI is InChI=1S/C25H30N6O2/c1-17-14-31(10-9-30(17)15-19-4-3-11-32-19)23-13-22(28-16-29-23)24(27)20-12-18(5-6-21(20)26)33-25(2)7-8-25/h3-6,11-13,16-17,27H,7-10,14-15,26H2,1-2H3. The molecule has 8 heteroatoms. The molecule has 172 valence electrons. The van der Waals surface area contributed by atoms with Crippen LogP contribution in [0.15, 0.2) is 53.4 Å². The van der Waals surface area contributed by atoms with Gasteiger partial charge in [0.1, 0.15) is 29.3 Å². The van der Waals surface area contributed by atoms with E-state index in [1.54, 1.807) is 12.3 Å². The van der Waals surface area contributed by atoms with E-state index < -0.39 is 0 Å². The Morgan fingerprint density at radius 1 is 1.24 bits per heavy atom. The van der Waals surface area contributed by atoms with Gasteiger partial charge in [-0.05, 0) is 57.0 Å². The zero-order valence-electron chi connectivity index (χ0n) is 19.1. The molecule has 3 heterocycles. The molecule has 8 nitrogen and oxygen atoms in total. The second kappa shape index (κ2) is 8.51. The van der Waals surface area contributed by atoms with E-state index in [4.69, 9.17) is 20.3 Å². The van der Waals surface area contributed by atoms with E-state index in [2.05, 4.69) is 33.6 Å². The molecule has 1 saturated heterocycles. The fourth-order valence-electron chi connectivity index (χ4n) is 4.21. The molecule has 2 aliphatic rings. The highest BCUT2D eigenvalue weighted by atomic mass is 16.5. The van der Waals surface area contributed by atoms with Crippen LogP contribution in [0.25, 0.3) is 0 Å². The van der Waals surface area contributed by atoms with Crippen molar-refractivity contribution in [2.24, 2.45) is 0 Å². The van der Waals surface area contributed by atoms with Crippen molar-refractivity contribution in [1.29, 1.82) is 5.41 Å². The summed E-state index contributed by atoms with van der Waals surface area (Å²) >= 11 is 0. The topological polar surface area (TPSA) is 104 Å². The first-order chi connectivity index (χ1) is 15.9. The summed E-state index contributed by atoms with van der Waals surface area (Å²) in [6.07, 6.45) is 5.34. The molecule has 3 N–H and O–H groups in total. The van der Waals surface area contributed by atoms with Crippen molar-refractivity contribution >= 4 is 17.2 Å². The van der Waals surface area contributed by atoms with Crippen LogP contribution < -0.4 is 15.4 Å². The maximum absolute atomic E-state index is 8.78. The van der Waals surface area contributed by atoms with Gasteiger partial charge in [-0.2, -0.15) is 0 Å². The number of aromatic nitrogens is 2. The zero-order chi connectivity index (χ0) is 23.0. The van der Waals surface area contributed by atoms with E-state index >= 15 is 0 Å².